The Balaban J connectivity index is 1.80. The lowest BCUT2D eigenvalue weighted by atomic mass is 10.1. The van der Waals surface area contributed by atoms with Crippen molar-refractivity contribution in [2.24, 2.45) is 0 Å². The van der Waals surface area contributed by atoms with Crippen molar-refractivity contribution in [3.63, 3.8) is 0 Å². The van der Waals surface area contributed by atoms with E-state index in [1.807, 2.05) is 0 Å². The van der Waals surface area contributed by atoms with Crippen molar-refractivity contribution in [1.29, 1.82) is 0 Å². The number of hydrogen-bond donors (Lipinski definition) is 1. The van der Waals surface area contributed by atoms with Gasteiger partial charge in [-0.3, -0.25) is 4.79 Å². The molecule has 0 bridgehead atoms. The van der Waals surface area contributed by atoms with Crippen molar-refractivity contribution >= 4 is 11.9 Å². The molecule has 104 valence electrons. The first-order chi connectivity index (χ1) is 9.11. The van der Waals surface area contributed by atoms with Gasteiger partial charge in [0, 0.05) is 20.2 Å². The summed E-state index contributed by atoms with van der Waals surface area (Å²) in [5.41, 5.74) is 0. The first kappa shape index (κ1) is 13.6. The second kappa shape index (κ2) is 5.85. The highest BCUT2D eigenvalue weighted by Crippen LogP contribution is 2.17. The number of carboxylic acids is 1. The van der Waals surface area contributed by atoms with Gasteiger partial charge in [-0.15, -0.1) is 0 Å². The number of aromatic carboxylic acids is 1. The Kier molecular flexibility index (Phi) is 4.18. The van der Waals surface area contributed by atoms with Crippen LogP contribution in [0.15, 0.2) is 16.5 Å². The standard InChI is InChI=1S/C12H15NO6/c1-17-4-5-18-8-6-13(7-8)11(14)9-2-3-10(19-9)12(15)16/h2-3,8H,4-7H2,1H3,(H,15,16). The van der Waals surface area contributed by atoms with E-state index in [1.165, 1.54) is 12.1 Å². The molecule has 1 aliphatic heterocycles. The number of rotatable bonds is 6. The Labute approximate surface area is 109 Å². The molecule has 0 saturated carbocycles. The van der Waals surface area contributed by atoms with Crippen molar-refractivity contribution in [2.75, 3.05) is 33.4 Å². The average Bonchev–Trinajstić information content (AvgIpc) is 2.81. The first-order valence-electron chi connectivity index (χ1n) is 5.84. The highest BCUT2D eigenvalue weighted by molar-refractivity contribution is 5.94. The van der Waals surface area contributed by atoms with Crippen LogP contribution in [-0.2, 0) is 9.47 Å². The number of methoxy groups -OCH3 is 1. The van der Waals surface area contributed by atoms with Crippen LogP contribution in [0.25, 0.3) is 0 Å². The van der Waals surface area contributed by atoms with Crippen LogP contribution in [0.1, 0.15) is 21.1 Å². The van der Waals surface area contributed by atoms with Gasteiger partial charge in [0.25, 0.3) is 5.91 Å². The minimum atomic E-state index is -1.19. The summed E-state index contributed by atoms with van der Waals surface area (Å²) in [6, 6.07) is 2.63. The summed E-state index contributed by atoms with van der Waals surface area (Å²) in [7, 11) is 1.59. The molecule has 7 nitrogen and oxygen atoms in total. The minimum absolute atomic E-state index is 0.00741. The lowest BCUT2D eigenvalue weighted by molar-refractivity contribution is -0.0562. The normalized spacial score (nSPS) is 15.3. The average molecular weight is 269 g/mol. The maximum Gasteiger partial charge on any atom is 0.371 e. The summed E-state index contributed by atoms with van der Waals surface area (Å²) in [6.07, 6.45) is 0.00741. The maximum absolute atomic E-state index is 11.9. The van der Waals surface area contributed by atoms with Gasteiger partial charge in [0.2, 0.25) is 5.76 Å². The zero-order valence-corrected chi connectivity index (χ0v) is 10.5. The molecule has 0 radical (unpaired) electrons. The van der Waals surface area contributed by atoms with Gasteiger partial charge in [0.05, 0.1) is 19.3 Å². The summed E-state index contributed by atoms with van der Waals surface area (Å²) < 4.78 is 15.2. The van der Waals surface area contributed by atoms with Crippen LogP contribution in [0.2, 0.25) is 0 Å². The van der Waals surface area contributed by atoms with Crippen LogP contribution in [0, 0.1) is 0 Å². The van der Waals surface area contributed by atoms with E-state index in [1.54, 1.807) is 12.0 Å². The van der Waals surface area contributed by atoms with Crippen molar-refractivity contribution in [3.8, 4) is 0 Å². The zero-order chi connectivity index (χ0) is 13.8. The van der Waals surface area contributed by atoms with E-state index in [0.717, 1.165) is 0 Å². The fraction of sp³-hybridized carbons (Fsp3) is 0.500. The molecule has 1 saturated heterocycles. The summed E-state index contributed by atoms with van der Waals surface area (Å²) in [4.78, 5) is 24.1. The highest BCUT2D eigenvalue weighted by Gasteiger charge is 2.33. The molecule has 0 aliphatic carbocycles. The molecule has 0 unspecified atom stereocenters. The van der Waals surface area contributed by atoms with Crippen molar-refractivity contribution < 1.29 is 28.6 Å². The molecule has 7 heteroatoms. The first-order valence-corrected chi connectivity index (χ1v) is 5.84. The Morgan fingerprint density at radius 1 is 1.37 bits per heavy atom. The number of furan rings is 1. The summed E-state index contributed by atoms with van der Waals surface area (Å²) in [5.74, 6) is -1.72. The van der Waals surface area contributed by atoms with Crippen molar-refractivity contribution in [1.82, 2.24) is 4.90 Å². The van der Waals surface area contributed by atoms with Crippen LogP contribution < -0.4 is 0 Å². The predicted octanol–water partition coefficient (Wildman–Crippen LogP) is 0.465. The Bertz CT molecular complexity index is 463. The van der Waals surface area contributed by atoms with E-state index in [2.05, 4.69) is 0 Å². The minimum Gasteiger partial charge on any atom is -0.475 e. The molecule has 2 rings (SSSR count). The molecule has 19 heavy (non-hydrogen) atoms. The lowest BCUT2D eigenvalue weighted by Gasteiger charge is -2.38. The fourth-order valence-electron chi connectivity index (χ4n) is 1.73. The molecule has 1 amide bonds. The van der Waals surface area contributed by atoms with Gasteiger partial charge < -0.3 is 23.9 Å². The molecule has 0 aromatic carbocycles. The number of nitrogens with zero attached hydrogens (tertiary/aromatic N) is 1. The van der Waals surface area contributed by atoms with Gasteiger partial charge in [-0.2, -0.15) is 0 Å². The molecule has 0 spiro atoms. The third kappa shape index (κ3) is 3.12. The molecule has 1 N–H and O–H groups in total. The number of amides is 1. The second-order valence-corrected chi connectivity index (χ2v) is 4.16. The van der Waals surface area contributed by atoms with Gasteiger partial charge in [-0.05, 0) is 12.1 Å². The van der Waals surface area contributed by atoms with Crippen molar-refractivity contribution in [3.05, 3.63) is 23.7 Å². The van der Waals surface area contributed by atoms with E-state index in [4.69, 9.17) is 19.0 Å². The topological polar surface area (TPSA) is 89.2 Å². The molecule has 2 heterocycles. The second-order valence-electron chi connectivity index (χ2n) is 4.16. The Hall–Kier alpha value is -1.86. The van der Waals surface area contributed by atoms with Gasteiger partial charge in [0.15, 0.2) is 5.76 Å². The number of carbonyl (C=O) groups is 2. The fourth-order valence-corrected chi connectivity index (χ4v) is 1.73. The Morgan fingerprint density at radius 2 is 2.05 bits per heavy atom. The molecule has 1 fully saturated rings. The van der Waals surface area contributed by atoms with E-state index in [0.29, 0.717) is 26.3 Å². The maximum atomic E-state index is 11.9. The number of ether oxygens (including phenoxy) is 2. The highest BCUT2D eigenvalue weighted by atomic mass is 16.5. The van der Waals surface area contributed by atoms with Gasteiger partial charge in [-0.25, -0.2) is 4.79 Å². The molecule has 1 aromatic heterocycles. The SMILES string of the molecule is COCCOC1CN(C(=O)c2ccc(C(=O)O)o2)C1. The number of carbonyl (C=O) groups excluding carboxylic acids is 1. The predicted molar refractivity (Wildman–Crippen MR) is 63.2 cm³/mol. The number of likely N-dealkylation sites (tertiary alicyclic amines) is 1. The van der Waals surface area contributed by atoms with E-state index in [-0.39, 0.29) is 23.5 Å². The van der Waals surface area contributed by atoms with Crippen LogP contribution >= 0.6 is 0 Å². The zero-order valence-electron chi connectivity index (χ0n) is 10.5. The van der Waals surface area contributed by atoms with Crippen LogP contribution in [0.5, 0.6) is 0 Å². The number of hydrogen-bond acceptors (Lipinski definition) is 5. The summed E-state index contributed by atoms with van der Waals surface area (Å²) in [5, 5.41) is 8.70. The summed E-state index contributed by atoms with van der Waals surface area (Å²) >= 11 is 0. The van der Waals surface area contributed by atoms with Gasteiger partial charge in [-0.1, -0.05) is 0 Å². The quantitative estimate of drug-likeness (QED) is 0.755. The van der Waals surface area contributed by atoms with E-state index in [9.17, 15) is 9.59 Å². The summed E-state index contributed by atoms with van der Waals surface area (Å²) in [6.45, 7) is 1.97. The van der Waals surface area contributed by atoms with Gasteiger partial charge in [0.1, 0.15) is 0 Å². The number of carboxylic acid groups (broad SMARTS) is 1. The largest absolute Gasteiger partial charge is 0.475 e. The molecule has 1 aromatic rings. The molecular weight excluding hydrogens is 254 g/mol. The Morgan fingerprint density at radius 3 is 2.63 bits per heavy atom. The van der Waals surface area contributed by atoms with Gasteiger partial charge >= 0.3 is 5.97 Å². The van der Waals surface area contributed by atoms with E-state index >= 15 is 0 Å². The van der Waals surface area contributed by atoms with Crippen LogP contribution in [0.4, 0.5) is 0 Å². The molecule has 0 atom stereocenters. The molecular formula is C12H15NO6. The molecule has 1 aliphatic rings. The third-order valence-electron chi connectivity index (χ3n) is 2.80. The lowest BCUT2D eigenvalue weighted by Crippen LogP contribution is -2.54. The monoisotopic (exact) mass is 269 g/mol. The van der Waals surface area contributed by atoms with Crippen molar-refractivity contribution in [2.45, 2.75) is 6.10 Å². The smallest absolute Gasteiger partial charge is 0.371 e. The van der Waals surface area contributed by atoms with E-state index < -0.39 is 5.97 Å². The third-order valence-corrected chi connectivity index (χ3v) is 2.80. The van der Waals surface area contributed by atoms with Crippen LogP contribution in [0.3, 0.4) is 0 Å². The van der Waals surface area contributed by atoms with Crippen LogP contribution in [-0.4, -0.2) is 61.4 Å².